The second-order valence-corrected chi connectivity index (χ2v) is 6.18. The monoisotopic (exact) mass is 417 g/mol. The number of allylic oxidation sites excluding steroid dienone is 2. The van der Waals surface area contributed by atoms with Crippen molar-refractivity contribution in [3.05, 3.63) is 66.0 Å². The van der Waals surface area contributed by atoms with Gasteiger partial charge < -0.3 is 10.1 Å². The predicted molar refractivity (Wildman–Crippen MR) is 96.0 cm³/mol. The summed E-state index contributed by atoms with van der Waals surface area (Å²) < 4.78 is 70.7. The second-order valence-electron chi connectivity index (χ2n) is 6.18. The summed E-state index contributed by atoms with van der Waals surface area (Å²) in [7, 11) is 0. The van der Waals surface area contributed by atoms with Crippen LogP contribution >= 0.6 is 0 Å². The molecule has 1 aliphatic heterocycles. The summed E-state index contributed by atoms with van der Waals surface area (Å²) in [5.74, 6) is -3.49. The predicted octanol–water partition coefficient (Wildman–Crippen LogP) is 3.48. The molecule has 1 N–H and O–H groups in total. The molecule has 1 amide bonds. The molecule has 0 aliphatic carbocycles. The average Bonchev–Trinajstić information content (AvgIpc) is 2.68. The number of carbonyl (C=O) groups excluding carboxylic acids is 1. The number of rotatable bonds is 7. The van der Waals surface area contributed by atoms with Crippen LogP contribution < -0.4 is 5.32 Å². The quantitative estimate of drug-likeness (QED) is 0.419. The molecule has 1 fully saturated rings. The van der Waals surface area contributed by atoms with Crippen LogP contribution in [0.25, 0.3) is 0 Å². The molecule has 0 saturated carbocycles. The lowest BCUT2D eigenvalue weighted by Crippen LogP contribution is -2.44. The maximum Gasteiger partial charge on any atom is 0.433 e. The van der Waals surface area contributed by atoms with E-state index in [4.69, 9.17) is 4.74 Å². The number of pyridine rings is 1. The highest BCUT2D eigenvalue weighted by molar-refractivity contribution is 5.97. The van der Waals surface area contributed by atoms with Crippen molar-refractivity contribution < 1.29 is 31.5 Å². The van der Waals surface area contributed by atoms with E-state index in [0.29, 0.717) is 37.9 Å². The topological polar surface area (TPSA) is 54.5 Å². The molecule has 1 aliphatic rings. The minimum Gasteiger partial charge on any atom is -0.379 e. The first kappa shape index (κ1) is 22.7. The Morgan fingerprint density at radius 3 is 2.45 bits per heavy atom. The molecule has 1 saturated heterocycles. The summed E-state index contributed by atoms with van der Waals surface area (Å²) in [5.41, 5.74) is -1.52. The van der Waals surface area contributed by atoms with Crippen molar-refractivity contribution in [2.24, 2.45) is 0 Å². The molecule has 2 rings (SSSR count). The molecule has 5 nitrogen and oxygen atoms in total. The number of alkyl halides is 3. The Balaban J connectivity index is 2.24. The lowest BCUT2D eigenvalue weighted by Gasteiger charge is -2.34. The van der Waals surface area contributed by atoms with Crippen molar-refractivity contribution in [3.63, 3.8) is 0 Å². The van der Waals surface area contributed by atoms with Gasteiger partial charge in [-0.25, -0.2) is 8.78 Å². The molecule has 1 aromatic rings. The fraction of sp³-hybridized carbons (Fsp3) is 0.368. The molecule has 1 atom stereocenters. The lowest BCUT2D eigenvalue weighted by atomic mass is 10.1. The van der Waals surface area contributed by atoms with Crippen molar-refractivity contribution in [1.82, 2.24) is 15.2 Å². The van der Waals surface area contributed by atoms with E-state index in [-0.39, 0.29) is 6.54 Å². The van der Waals surface area contributed by atoms with E-state index < -0.39 is 41.0 Å². The number of amides is 1. The van der Waals surface area contributed by atoms with E-state index >= 15 is 0 Å². The number of carbonyl (C=O) groups is 1. The molecule has 158 valence electrons. The first-order valence-corrected chi connectivity index (χ1v) is 8.65. The van der Waals surface area contributed by atoms with E-state index in [1.165, 1.54) is 6.07 Å². The zero-order valence-electron chi connectivity index (χ0n) is 15.4. The number of hydrogen-bond acceptors (Lipinski definition) is 4. The molecule has 1 unspecified atom stereocenters. The third-order valence-electron chi connectivity index (χ3n) is 4.32. The number of nitrogens with zero attached hydrogens (tertiary/aromatic N) is 2. The Labute approximate surface area is 164 Å². The maximum absolute atomic E-state index is 13.7. The third kappa shape index (κ3) is 5.94. The molecule has 1 aromatic heterocycles. The summed E-state index contributed by atoms with van der Waals surface area (Å²) in [6.45, 7) is 7.68. The van der Waals surface area contributed by atoms with Crippen LogP contribution in [0.15, 0.2) is 54.8 Å². The van der Waals surface area contributed by atoms with E-state index in [2.05, 4.69) is 23.5 Å². The van der Waals surface area contributed by atoms with Crippen LogP contribution in [0, 0.1) is 0 Å². The SMILES string of the molecule is C=C/C(F)=C(\C(=C)F)C(=O)NCC(c1ccc(C(F)(F)F)nc1)N1CCOCC1. The minimum absolute atomic E-state index is 0.118. The Morgan fingerprint density at radius 2 is 1.97 bits per heavy atom. The maximum atomic E-state index is 13.7. The van der Waals surface area contributed by atoms with Gasteiger partial charge in [0, 0.05) is 25.8 Å². The smallest absolute Gasteiger partial charge is 0.379 e. The van der Waals surface area contributed by atoms with Crippen molar-refractivity contribution in [1.29, 1.82) is 0 Å². The molecule has 2 heterocycles. The highest BCUT2D eigenvalue weighted by atomic mass is 19.4. The summed E-state index contributed by atoms with van der Waals surface area (Å²) >= 11 is 0. The second kappa shape index (κ2) is 9.75. The van der Waals surface area contributed by atoms with Crippen LogP contribution in [0.2, 0.25) is 0 Å². The van der Waals surface area contributed by atoms with Gasteiger partial charge in [0.2, 0.25) is 0 Å². The molecule has 0 spiro atoms. The lowest BCUT2D eigenvalue weighted by molar-refractivity contribution is -0.141. The van der Waals surface area contributed by atoms with Crippen molar-refractivity contribution in [2.75, 3.05) is 32.8 Å². The molecule has 29 heavy (non-hydrogen) atoms. The molecule has 0 radical (unpaired) electrons. The Morgan fingerprint density at radius 1 is 1.31 bits per heavy atom. The molecular weight excluding hydrogens is 397 g/mol. The van der Waals surface area contributed by atoms with Crippen molar-refractivity contribution in [3.8, 4) is 0 Å². The zero-order chi connectivity index (χ0) is 21.6. The van der Waals surface area contributed by atoms with Crippen LogP contribution in [0.3, 0.4) is 0 Å². The minimum atomic E-state index is -4.58. The van der Waals surface area contributed by atoms with Crippen LogP contribution in [0.5, 0.6) is 0 Å². The largest absolute Gasteiger partial charge is 0.433 e. The number of ether oxygens (including phenoxy) is 1. The Kier molecular flexibility index (Phi) is 7.63. The molecule has 10 heteroatoms. The first-order chi connectivity index (χ1) is 13.6. The van der Waals surface area contributed by atoms with Gasteiger partial charge in [-0.3, -0.25) is 14.7 Å². The fourth-order valence-electron chi connectivity index (χ4n) is 2.86. The first-order valence-electron chi connectivity index (χ1n) is 8.65. The van der Waals surface area contributed by atoms with Crippen molar-refractivity contribution in [2.45, 2.75) is 12.2 Å². The molecule has 0 bridgehead atoms. The standard InChI is InChI=1S/C19H20F5N3O2/c1-3-14(21)17(12(2)20)18(28)26-11-15(27-6-8-29-9-7-27)13-4-5-16(25-10-13)19(22,23)24/h3-5,10,15H,1-2,6-9,11H2,(H,26,28)/b17-14-. The summed E-state index contributed by atoms with van der Waals surface area (Å²) in [5, 5.41) is 2.40. The fourth-order valence-corrected chi connectivity index (χ4v) is 2.86. The van der Waals surface area contributed by atoms with Gasteiger partial charge in [0.1, 0.15) is 22.9 Å². The number of halogens is 5. The van der Waals surface area contributed by atoms with E-state index in [1.807, 2.05) is 4.90 Å². The number of aromatic nitrogens is 1. The Bertz CT molecular complexity index is 784. The van der Waals surface area contributed by atoms with Crippen LogP contribution in [-0.4, -0.2) is 48.6 Å². The number of hydrogen-bond donors (Lipinski definition) is 1. The van der Waals surface area contributed by atoms with Gasteiger partial charge in [0.05, 0.1) is 19.3 Å². The van der Waals surface area contributed by atoms with Gasteiger partial charge in [-0.05, 0) is 17.7 Å². The van der Waals surface area contributed by atoms with E-state index in [1.54, 1.807) is 0 Å². The van der Waals surface area contributed by atoms with Gasteiger partial charge in [0.25, 0.3) is 5.91 Å². The summed E-state index contributed by atoms with van der Waals surface area (Å²) in [4.78, 5) is 17.5. The molecular formula is C19H20F5N3O2. The van der Waals surface area contributed by atoms with Gasteiger partial charge in [-0.2, -0.15) is 13.2 Å². The van der Waals surface area contributed by atoms with Gasteiger partial charge >= 0.3 is 6.18 Å². The highest BCUT2D eigenvalue weighted by Gasteiger charge is 2.33. The van der Waals surface area contributed by atoms with Crippen LogP contribution in [0.1, 0.15) is 17.3 Å². The van der Waals surface area contributed by atoms with Crippen LogP contribution in [-0.2, 0) is 15.7 Å². The van der Waals surface area contributed by atoms with E-state index in [9.17, 15) is 26.7 Å². The van der Waals surface area contributed by atoms with Gasteiger partial charge in [-0.1, -0.05) is 19.2 Å². The highest BCUT2D eigenvalue weighted by Crippen LogP contribution is 2.29. The summed E-state index contributed by atoms with van der Waals surface area (Å²) in [6, 6.07) is 1.53. The Hall–Kier alpha value is -2.59. The number of morpholine rings is 1. The number of nitrogens with one attached hydrogen (secondary N) is 1. The average molecular weight is 417 g/mol. The molecule has 0 aromatic carbocycles. The van der Waals surface area contributed by atoms with Crippen LogP contribution in [0.4, 0.5) is 22.0 Å². The zero-order valence-corrected chi connectivity index (χ0v) is 15.4. The van der Waals surface area contributed by atoms with Crippen molar-refractivity contribution >= 4 is 5.91 Å². The third-order valence-corrected chi connectivity index (χ3v) is 4.32. The summed E-state index contributed by atoms with van der Waals surface area (Å²) in [6.07, 6.45) is -2.83. The van der Waals surface area contributed by atoms with Gasteiger partial charge in [0.15, 0.2) is 0 Å². The van der Waals surface area contributed by atoms with E-state index in [0.717, 1.165) is 12.3 Å². The normalized spacial score (nSPS) is 17.3. The van der Waals surface area contributed by atoms with Gasteiger partial charge in [-0.15, -0.1) is 0 Å².